The van der Waals surface area contributed by atoms with Gasteiger partial charge < -0.3 is 9.64 Å². The van der Waals surface area contributed by atoms with Crippen LogP contribution in [-0.2, 0) is 6.42 Å². The van der Waals surface area contributed by atoms with Gasteiger partial charge in [0, 0.05) is 12.5 Å². The highest BCUT2D eigenvalue weighted by molar-refractivity contribution is 6.09. The molecule has 1 saturated heterocycles. The number of rotatable bonds is 7. The van der Waals surface area contributed by atoms with Gasteiger partial charge in [-0.05, 0) is 94.3 Å². The van der Waals surface area contributed by atoms with Crippen LogP contribution in [0.2, 0.25) is 0 Å². The fraction of sp³-hybridized carbons (Fsp3) is 0.235. The Balaban J connectivity index is 1.55. The van der Waals surface area contributed by atoms with Crippen molar-refractivity contribution in [1.82, 2.24) is 4.90 Å². The number of methoxy groups -OCH3 is 1. The van der Waals surface area contributed by atoms with Crippen molar-refractivity contribution in [2.24, 2.45) is 0 Å². The maximum Gasteiger partial charge on any atom is 0.118 e. The Morgan fingerprint density at radius 3 is 2.14 bits per heavy atom. The van der Waals surface area contributed by atoms with E-state index in [1.807, 2.05) is 0 Å². The van der Waals surface area contributed by atoms with Crippen LogP contribution in [0.25, 0.3) is 21.5 Å². The zero-order chi connectivity index (χ0) is 24.3. The average Bonchev–Trinajstić information content (AvgIpc) is 3.47. The van der Waals surface area contributed by atoms with Gasteiger partial charge in [0.25, 0.3) is 0 Å². The van der Waals surface area contributed by atoms with Crippen LogP contribution in [0, 0.1) is 0 Å². The zero-order valence-electron chi connectivity index (χ0n) is 21.0. The first-order valence-electron chi connectivity index (χ1n) is 13.2. The van der Waals surface area contributed by atoms with Crippen molar-refractivity contribution in [3.05, 3.63) is 125 Å². The lowest BCUT2D eigenvalue weighted by molar-refractivity contribution is 0.343. The third-order valence-electron chi connectivity index (χ3n) is 7.82. The summed E-state index contributed by atoms with van der Waals surface area (Å²) in [6, 6.07) is 37.8. The summed E-state index contributed by atoms with van der Waals surface area (Å²) < 4.78 is 5.50. The van der Waals surface area contributed by atoms with E-state index in [0.29, 0.717) is 0 Å². The Kier molecular flexibility index (Phi) is 6.44. The van der Waals surface area contributed by atoms with Crippen LogP contribution < -0.4 is 4.74 Å². The largest absolute Gasteiger partial charge is 0.497 e. The van der Waals surface area contributed by atoms with Crippen LogP contribution in [0.5, 0.6) is 5.75 Å². The van der Waals surface area contributed by atoms with Crippen LogP contribution >= 0.6 is 0 Å². The molecule has 1 heterocycles. The van der Waals surface area contributed by atoms with Crippen molar-refractivity contribution in [1.29, 1.82) is 0 Å². The number of ether oxygens (including phenoxy) is 1. The number of benzene rings is 5. The summed E-state index contributed by atoms with van der Waals surface area (Å²) in [5, 5.41) is 5.25. The smallest absolute Gasteiger partial charge is 0.118 e. The summed E-state index contributed by atoms with van der Waals surface area (Å²) >= 11 is 0. The first-order valence-corrected chi connectivity index (χ1v) is 13.2. The normalized spacial score (nSPS) is 14.9. The lowest BCUT2D eigenvalue weighted by atomic mass is 9.79. The molecule has 2 nitrogen and oxygen atoms in total. The van der Waals surface area contributed by atoms with E-state index in [4.69, 9.17) is 4.74 Å². The fourth-order valence-corrected chi connectivity index (χ4v) is 5.97. The number of hydrogen-bond donors (Lipinski definition) is 0. The molecule has 0 aliphatic carbocycles. The van der Waals surface area contributed by atoms with Gasteiger partial charge in [0.05, 0.1) is 7.11 Å². The first kappa shape index (κ1) is 22.8. The van der Waals surface area contributed by atoms with Crippen LogP contribution in [0.4, 0.5) is 0 Å². The summed E-state index contributed by atoms with van der Waals surface area (Å²) in [5.74, 6) is 1.03. The summed E-state index contributed by atoms with van der Waals surface area (Å²) in [4.78, 5) is 2.62. The topological polar surface area (TPSA) is 12.5 Å². The molecule has 0 radical (unpaired) electrons. The second kappa shape index (κ2) is 10.2. The van der Waals surface area contributed by atoms with Crippen LogP contribution in [-0.4, -0.2) is 31.6 Å². The highest BCUT2D eigenvalue weighted by atomic mass is 16.5. The molecule has 1 aliphatic rings. The molecule has 0 spiro atoms. The predicted molar refractivity (Wildman–Crippen MR) is 151 cm³/mol. The molecule has 5 aromatic carbocycles. The highest BCUT2D eigenvalue weighted by Gasteiger charge is 2.23. The van der Waals surface area contributed by atoms with Crippen molar-refractivity contribution < 1.29 is 4.74 Å². The van der Waals surface area contributed by atoms with Crippen LogP contribution in [0.3, 0.4) is 0 Å². The number of nitrogens with zero attached hydrogens (tertiary/aromatic N) is 1. The van der Waals surface area contributed by atoms with Crippen molar-refractivity contribution in [2.45, 2.75) is 25.2 Å². The molecule has 0 amide bonds. The van der Waals surface area contributed by atoms with E-state index in [1.54, 1.807) is 7.11 Å². The minimum atomic E-state index is 0.139. The Morgan fingerprint density at radius 2 is 1.36 bits per heavy atom. The van der Waals surface area contributed by atoms with Crippen molar-refractivity contribution in [3.63, 3.8) is 0 Å². The third-order valence-corrected chi connectivity index (χ3v) is 7.82. The lowest BCUT2D eigenvalue weighted by Gasteiger charge is -2.25. The maximum absolute atomic E-state index is 5.50. The van der Waals surface area contributed by atoms with E-state index in [0.717, 1.165) is 18.7 Å². The van der Waals surface area contributed by atoms with Crippen LogP contribution in [0.1, 0.15) is 41.0 Å². The van der Waals surface area contributed by atoms with E-state index in [1.165, 1.54) is 69.7 Å². The van der Waals surface area contributed by atoms with Gasteiger partial charge >= 0.3 is 0 Å². The Hall–Kier alpha value is -3.62. The average molecular weight is 472 g/mol. The Morgan fingerprint density at radius 1 is 0.694 bits per heavy atom. The van der Waals surface area contributed by atoms with E-state index in [-0.39, 0.29) is 5.92 Å². The Bertz CT molecular complexity index is 1480. The molecule has 5 aromatic rings. The van der Waals surface area contributed by atoms with Crippen LogP contribution in [0.15, 0.2) is 103 Å². The van der Waals surface area contributed by atoms with Gasteiger partial charge in [-0.2, -0.15) is 0 Å². The van der Waals surface area contributed by atoms with Gasteiger partial charge in [-0.1, -0.05) is 84.9 Å². The maximum atomic E-state index is 5.50. The fourth-order valence-electron chi connectivity index (χ4n) is 5.97. The SMILES string of the molecule is COc1ccc(C(c2ccccc2CCN2CCCC2)c2cc3ccccc3c3ccccc23)cc1. The minimum absolute atomic E-state index is 0.139. The molecule has 180 valence electrons. The standard InChI is InChI=1S/C34H33NO/c1-36-28-18-16-26(17-19-28)34(30-13-5-2-10-25(30)20-23-35-21-8-9-22-35)33-24-27-11-3-4-12-29(27)31-14-6-7-15-32(31)33/h2-7,10-19,24,34H,8-9,20-23H2,1H3. The molecule has 36 heavy (non-hydrogen) atoms. The van der Waals surface area contributed by atoms with Gasteiger partial charge in [0.1, 0.15) is 5.75 Å². The van der Waals surface area contributed by atoms with Crippen molar-refractivity contribution in [3.8, 4) is 5.75 Å². The summed E-state index contributed by atoms with van der Waals surface area (Å²) in [6.45, 7) is 3.60. The molecule has 6 rings (SSSR count). The molecule has 1 fully saturated rings. The summed E-state index contributed by atoms with van der Waals surface area (Å²) in [5.41, 5.74) is 5.51. The van der Waals surface area contributed by atoms with Gasteiger partial charge in [-0.25, -0.2) is 0 Å². The molecule has 1 atom stereocenters. The lowest BCUT2D eigenvalue weighted by Crippen LogP contribution is -2.22. The molecule has 0 bridgehead atoms. The molecule has 1 aliphatic heterocycles. The zero-order valence-corrected chi connectivity index (χ0v) is 21.0. The second-order valence-corrected chi connectivity index (χ2v) is 9.94. The molecule has 0 N–H and O–H groups in total. The monoisotopic (exact) mass is 471 g/mol. The van der Waals surface area contributed by atoms with Gasteiger partial charge in [0.2, 0.25) is 0 Å². The van der Waals surface area contributed by atoms with E-state index in [9.17, 15) is 0 Å². The summed E-state index contributed by atoms with van der Waals surface area (Å²) in [7, 11) is 1.73. The van der Waals surface area contributed by atoms with E-state index < -0.39 is 0 Å². The first-order chi connectivity index (χ1) is 17.8. The van der Waals surface area contributed by atoms with Gasteiger partial charge in [-0.15, -0.1) is 0 Å². The molecular formula is C34H33NO. The number of fused-ring (bicyclic) bond motifs is 3. The molecule has 0 aromatic heterocycles. The molecular weight excluding hydrogens is 438 g/mol. The number of likely N-dealkylation sites (tertiary alicyclic amines) is 1. The molecule has 1 unspecified atom stereocenters. The van der Waals surface area contributed by atoms with E-state index in [2.05, 4.69) is 108 Å². The van der Waals surface area contributed by atoms with Crippen molar-refractivity contribution in [2.75, 3.05) is 26.7 Å². The van der Waals surface area contributed by atoms with E-state index >= 15 is 0 Å². The van der Waals surface area contributed by atoms with Gasteiger partial charge in [-0.3, -0.25) is 0 Å². The van der Waals surface area contributed by atoms with Gasteiger partial charge in [0.15, 0.2) is 0 Å². The predicted octanol–water partition coefficient (Wildman–Crippen LogP) is 7.82. The highest BCUT2D eigenvalue weighted by Crippen LogP contribution is 2.41. The van der Waals surface area contributed by atoms with Crippen molar-refractivity contribution >= 4 is 21.5 Å². The second-order valence-electron chi connectivity index (χ2n) is 9.94. The summed E-state index contributed by atoms with van der Waals surface area (Å²) in [6.07, 6.45) is 3.74. The number of hydrogen-bond acceptors (Lipinski definition) is 2. The Labute approximate surface area is 214 Å². The molecule has 2 heteroatoms. The quantitative estimate of drug-likeness (QED) is 0.177. The molecule has 0 saturated carbocycles. The third kappa shape index (κ3) is 4.38. The minimum Gasteiger partial charge on any atom is -0.497 e.